The molecule has 116 valence electrons. The second-order valence-electron chi connectivity index (χ2n) is 4.76. The summed E-state index contributed by atoms with van der Waals surface area (Å²) in [6.07, 6.45) is 2.31. The van der Waals surface area contributed by atoms with Crippen LogP contribution in [0, 0.1) is 0 Å². The molecule has 5 nitrogen and oxygen atoms in total. The highest BCUT2D eigenvalue weighted by Crippen LogP contribution is 2.22. The van der Waals surface area contributed by atoms with Gasteiger partial charge < -0.3 is 15.0 Å². The molecule has 2 amide bonds. The number of amides is 2. The average molecular weight is 292 g/mol. The maximum atomic E-state index is 12.1. The van der Waals surface area contributed by atoms with E-state index in [1.807, 2.05) is 26.0 Å². The lowest BCUT2D eigenvalue weighted by Crippen LogP contribution is -2.37. The smallest absolute Gasteiger partial charge is 0.244 e. The summed E-state index contributed by atoms with van der Waals surface area (Å²) < 4.78 is 5.18. The summed E-state index contributed by atoms with van der Waals surface area (Å²) in [4.78, 5) is 25.6. The monoisotopic (exact) mass is 292 g/mol. The predicted molar refractivity (Wildman–Crippen MR) is 83.4 cm³/mol. The molecule has 0 aromatic heterocycles. The lowest BCUT2D eigenvalue weighted by molar-refractivity contribution is -0.134. The van der Waals surface area contributed by atoms with Crippen LogP contribution in [0.4, 0.5) is 5.69 Å². The fourth-order valence-electron chi connectivity index (χ4n) is 1.97. The van der Waals surface area contributed by atoms with Crippen LogP contribution in [0.2, 0.25) is 0 Å². The number of hydrogen-bond donors (Lipinski definition) is 1. The highest BCUT2D eigenvalue weighted by molar-refractivity contribution is 5.95. The van der Waals surface area contributed by atoms with E-state index in [0.29, 0.717) is 24.4 Å². The van der Waals surface area contributed by atoms with E-state index in [4.69, 9.17) is 4.74 Å². The maximum Gasteiger partial charge on any atom is 0.244 e. The standard InChI is InChI=1S/C16H24N2O3/c1-4-6-11-16(20)18(5-2)12-15(19)17-13-9-7-8-10-14(13)21-3/h7-10H,4-6,11-12H2,1-3H3,(H,17,19). The molecule has 1 N–H and O–H groups in total. The van der Waals surface area contributed by atoms with Crippen LogP contribution in [0.3, 0.4) is 0 Å². The molecule has 1 aromatic carbocycles. The Balaban J connectivity index is 2.60. The van der Waals surface area contributed by atoms with E-state index in [2.05, 4.69) is 5.32 Å². The van der Waals surface area contributed by atoms with Gasteiger partial charge in [0, 0.05) is 13.0 Å². The maximum absolute atomic E-state index is 12.1. The number of carbonyl (C=O) groups excluding carboxylic acids is 2. The molecule has 5 heteroatoms. The highest BCUT2D eigenvalue weighted by atomic mass is 16.5. The molecule has 1 aromatic rings. The summed E-state index contributed by atoms with van der Waals surface area (Å²) in [5.41, 5.74) is 0.613. The van der Waals surface area contributed by atoms with Gasteiger partial charge in [-0.3, -0.25) is 9.59 Å². The van der Waals surface area contributed by atoms with E-state index in [0.717, 1.165) is 12.8 Å². The Morgan fingerprint density at radius 2 is 1.95 bits per heavy atom. The molecule has 0 saturated carbocycles. The number of unbranched alkanes of at least 4 members (excludes halogenated alkanes) is 1. The van der Waals surface area contributed by atoms with Gasteiger partial charge in [0.2, 0.25) is 11.8 Å². The number of nitrogens with zero attached hydrogens (tertiary/aromatic N) is 1. The molecule has 0 heterocycles. The Labute approximate surface area is 126 Å². The van der Waals surface area contributed by atoms with Crippen LogP contribution in [0.5, 0.6) is 5.75 Å². The highest BCUT2D eigenvalue weighted by Gasteiger charge is 2.15. The van der Waals surface area contributed by atoms with Crippen molar-refractivity contribution in [3.8, 4) is 5.75 Å². The van der Waals surface area contributed by atoms with Crippen molar-refractivity contribution in [3.05, 3.63) is 24.3 Å². The van der Waals surface area contributed by atoms with Crippen molar-refractivity contribution in [1.29, 1.82) is 0 Å². The van der Waals surface area contributed by atoms with Gasteiger partial charge in [0.05, 0.1) is 19.3 Å². The minimum absolute atomic E-state index is 0.0227. The Morgan fingerprint density at radius 3 is 2.57 bits per heavy atom. The first-order valence-corrected chi connectivity index (χ1v) is 7.33. The number of carbonyl (C=O) groups is 2. The minimum Gasteiger partial charge on any atom is -0.495 e. The molecule has 0 aliphatic carbocycles. The molecular weight excluding hydrogens is 268 g/mol. The molecule has 0 bridgehead atoms. The van der Waals surface area contributed by atoms with Crippen molar-refractivity contribution < 1.29 is 14.3 Å². The van der Waals surface area contributed by atoms with Gasteiger partial charge in [0.25, 0.3) is 0 Å². The van der Waals surface area contributed by atoms with Gasteiger partial charge in [0.15, 0.2) is 0 Å². The molecular formula is C16H24N2O3. The number of methoxy groups -OCH3 is 1. The van der Waals surface area contributed by atoms with E-state index in [9.17, 15) is 9.59 Å². The minimum atomic E-state index is -0.216. The van der Waals surface area contributed by atoms with Crippen molar-refractivity contribution in [2.24, 2.45) is 0 Å². The lowest BCUT2D eigenvalue weighted by Gasteiger charge is -2.20. The van der Waals surface area contributed by atoms with Crippen LogP contribution < -0.4 is 10.1 Å². The van der Waals surface area contributed by atoms with Crippen LogP contribution in [-0.4, -0.2) is 36.9 Å². The molecule has 21 heavy (non-hydrogen) atoms. The van der Waals surface area contributed by atoms with Crippen LogP contribution in [0.25, 0.3) is 0 Å². The summed E-state index contributed by atoms with van der Waals surface area (Å²) in [6, 6.07) is 7.20. The third-order valence-corrected chi connectivity index (χ3v) is 3.19. The second kappa shape index (κ2) is 9.00. The molecule has 0 aliphatic heterocycles. The van der Waals surface area contributed by atoms with E-state index in [1.165, 1.54) is 0 Å². The molecule has 0 saturated heterocycles. The predicted octanol–water partition coefficient (Wildman–Crippen LogP) is 2.67. The average Bonchev–Trinajstić information content (AvgIpc) is 2.50. The van der Waals surface area contributed by atoms with E-state index in [1.54, 1.807) is 24.1 Å². The quantitative estimate of drug-likeness (QED) is 0.801. The van der Waals surface area contributed by atoms with Crippen molar-refractivity contribution in [2.75, 3.05) is 25.5 Å². The summed E-state index contributed by atoms with van der Waals surface area (Å²) in [5.74, 6) is 0.409. The van der Waals surface area contributed by atoms with Crippen molar-refractivity contribution in [2.45, 2.75) is 33.1 Å². The van der Waals surface area contributed by atoms with Gasteiger partial charge in [0.1, 0.15) is 5.75 Å². The number of ether oxygens (including phenoxy) is 1. The summed E-state index contributed by atoms with van der Waals surface area (Å²) in [6.45, 7) is 4.51. The van der Waals surface area contributed by atoms with Crippen molar-refractivity contribution in [1.82, 2.24) is 4.90 Å². The molecule has 0 aliphatic rings. The molecule has 0 radical (unpaired) electrons. The molecule has 0 spiro atoms. The van der Waals surface area contributed by atoms with Gasteiger partial charge >= 0.3 is 0 Å². The molecule has 0 atom stereocenters. The Kier molecular flexibility index (Phi) is 7.29. The summed E-state index contributed by atoms with van der Waals surface area (Å²) in [5, 5.41) is 2.78. The van der Waals surface area contributed by atoms with E-state index in [-0.39, 0.29) is 18.4 Å². The van der Waals surface area contributed by atoms with Crippen LogP contribution in [0.1, 0.15) is 33.1 Å². The fraction of sp³-hybridized carbons (Fsp3) is 0.500. The van der Waals surface area contributed by atoms with Gasteiger partial charge in [-0.1, -0.05) is 25.5 Å². The van der Waals surface area contributed by atoms with Crippen LogP contribution in [-0.2, 0) is 9.59 Å². The number of para-hydroxylation sites is 2. The number of anilines is 1. The Hall–Kier alpha value is -2.04. The largest absolute Gasteiger partial charge is 0.495 e. The Bertz CT molecular complexity index is 474. The first-order chi connectivity index (χ1) is 10.1. The third-order valence-electron chi connectivity index (χ3n) is 3.19. The molecule has 0 fully saturated rings. The second-order valence-corrected chi connectivity index (χ2v) is 4.76. The summed E-state index contributed by atoms with van der Waals surface area (Å²) in [7, 11) is 1.55. The topological polar surface area (TPSA) is 58.6 Å². The number of likely N-dealkylation sites (N-methyl/N-ethyl adjacent to an activating group) is 1. The lowest BCUT2D eigenvalue weighted by atomic mass is 10.2. The zero-order chi connectivity index (χ0) is 15.7. The number of rotatable bonds is 8. The van der Waals surface area contributed by atoms with Gasteiger partial charge in [-0.25, -0.2) is 0 Å². The number of benzene rings is 1. The van der Waals surface area contributed by atoms with Gasteiger partial charge in [-0.2, -0.15) is 0 Å². The van der Waals surface area contributed by atoms with Crippen molar-refractivity contribution in [3.63, 3.8) is 0 Å². The number of hydrogen-bond acceptors (Lipinski definition) is 3. The zero-order valence-electron chi connectivity index (χ0n) is 13.0. The third kappa shape index (κ3) is 5.45. The Morgan fingerprint density at radius 1 is 1.24 bits per heavy atom. The van der Waals surface area contributed by atoms with Crippen LogP contribution in [0.15, 0.2) is 24.3 Å². The van der Waals surface area contributed by atoms with Gasteiger partial charge in [-0.05, 0) is 25.5 Å². The van der Waals surface area contributed by atoms with Crippen LogP contribution >= 0.6 is 0 Å². The zero-order valence-corrected chi connectivity index (χ0v) is 13.0. The first kappa shape index (κ1) is 17.0. The fourth-order valence-corrected chi connectivity index (χ4v) is 1.97. The summed E-state index contributed by atoms with van der Waals surface area (Å²) >= 11 is 0. The van der Waals surface area contributed by atoms with E-state index < -0.39 is 0 Å². The normalized spacial score (nSPS) is 10.0. The molecule has 1 rings (SSSR count). The van der Waals surface area contributed by atoms with Crippen molar-refractivity contribution >= 4 is 17.5 Å². The van der Waals surface area contributed by atoms with Gasteiger partial charge in [-0.15, -0.1) is 0 Å². The SMILES string of the molecule is CCCCC(=O)N(CC)CC(=O)Nc1ccccc1OC. The number of nitrogens with one attached hydrogen (secondary N) is 1. The first-order valence-electron chi connectivity index (χ1n) is 7.33. The molecule has 0 unspecified atom stereocenters. The van der Waals surface area contributed by atoms with E-state index >= 15 is 0 Å².